The summed E-state index contributed by atoms with van der Waals surface area (Å²) in [6.07, 6.45) is 7.75. The minimum atomic E-state index is -1.01. The molecule has 1 amide bonds. The van der Waals surface area contributed by atoms with Crippen molar-refractivity contribution in [3.63, 3.8) is 0 Å². The Hall–Kier alpha value is -1.36. The SMILES string of the molecule is O=C(CCC1CCCCC1)Nc1cc(Br)cc(C(=O)O)c1. The smallest absolute Gasteiger partial charge is 0.335 e. The summed E-state index contributed by atoms with van der Waals surface area (Å²) < 4.78 is 0.644. The van der Waals surface area contributed by atoms with Gasteiger partial charge < -0.3 is 10.4 Å². The third-order valence-electron chi connectivity index (χ3n) is 3.93. The lowest BCUT2D eigenvalue weighted by atomic mass is 9.86. The second-order valence-corrected chi connectivity index (χ2v) is 6.54. The number of benzene rings is 1. The maximum Gasteiger partial charge on any atom is 0.335 e. The van der Waals surface area contributed by atoms with E-state index in [1.165, 1.54) is 44.2 Å². The lowest BCUT2D eigenvalue weighted by Crippen LogP contribution is -2.15. The third kappa shape index (κ3) is 5.16. The number of nitrogens with one attached hydrogen (secondary N) is 1. The fourth-order valence-corrected chi connectivity index (χ4v) is 3.31. The molecule has 1 fully saturated rings. The number of halogens is 1. The molecular formula is C16H20BrNO3. The van der Waals surface area contributed by atoms with Crippen LogP contribution in [0.15, 0.2) is 22.7 Å². The molecule has 0 aromatic heterocycles. The number of rotatable bonds is 5. The summed E-state index contributed by atoms with van der Waals surface area (Å²) in [6.45, 7) is 0. The average Bonchev–Trinajstić information content (AvgIpc) is 2.45. The van der Waals surface area contributed by atoms with Gasteiger partial charge in [0.1, 0.15) is 0 Å². The number of hydrogen-bond donors (Lipinski definition) is 2. The zero-order chi connectivity index (χ0) is 15.2. The van der Waals surface area contributed by atoms with Gasteiger partial charge in [0.15, 0.2) is 0 Å². The first kappa shape index (κ1) is 16.0. The van der Waals surface area contributed by atoms with Gasteiger partial charge in [0, 0.05) is 16.6 Å². The minimum absolute atomic E-state index is 0.0463. The first-order valence-corrected chi connectivity index (χ1v) is 8.17. The van der Waals surface area contributed by atoms with E-state index >= 15 is 0 Å². The van der Waals surface area contributed by atoms with Crippen molar-refractivity contribution >= 4 is 33.5 Å². The Morgan fingerprint density at radius 2 is 1.90 bits per heavy atom. The molecule has 1 aromatic carbocycles. The van der Waals surface area contributed by atoms with Crippen LogP contribution in [-0.4, -0.2) is 17.0 Å². The second kappa shape index (κ2) is 7.59. The summed E-state index contributed by atoms with van der Waals surface area (Å²) in [7, 11) is 0. The van der Waals surface area contributed by atoms with Gasteiger partial charge in [-0.15, -0.1) is 0 Å². The van der Waals surface area contributed by atoms with Crippen LogP contribution < -0.4 is 5.32 Å². The Labute approximate surface area is 133 Å². The van der Waals surface area contributed by atoms with Crippen LogP contribution in [0.1, 0.15) is 55.3 Å². The zero-order valence-electron chi connectivity index (χ0n) is 11.9. The van der Waals surface area contributed by atoms with Crippen LogP contribution in [0.3, 0.4) is 0 Å². The summed E-state index contributed by atoms with van der Waals surface area (Å²) in [5.74, 6) is -0.384. The van der Waals surface area contributed by atoms with Crippen LogP contribution in [0.5, 0.6) is 0 Å². The highest BCUT2D eigenvalue weighted by atomic mass is 79.9. The number of amides is 1. The topological polar surface area (TPSA) is 66.4 Å². The molecular weight excluding hydrogens is 334 g/mol. The fourth-order valence-electron chi connectivity index (χ4n) is 2.82. The maximum absolute atomic E-state index is 12.0. The Kier molecular flexibility index (Phi) is 5.79. The van der Waals surface area contributed by atoms with Gasteiger partial charge in [-0.2, -0.15) is 0 Å². The quantitative estimate of drug-likeness (QED) is 0.821. The fraction of sp³-hybridized carbons (Fsp3) is 0.500. The summed E-state index contributed by atoms with van der Waals surface area (Å²) in [5, 5.41) is 11.8. The number of anilines is 1. The molecule has 0 radical (unpaired) electrons. The molecule has 1 saturated carbocycles. The van der Waals surface area contributed by atoms with E-state index in [1.54, 1.807) is 6.07 Å². The number of carbonyl (C=O) groups excluding carboxylic acids is 1. The van der Waals surface area contributed by atoms with E-state index in [0.29, 0.717) is 22.5 Å². The van der Waals surface area contributed by atoms with Crippen molar-refractivity contribution in [3.8, 4) is 0 Å². The predicted octanol–water partition coefficient (Wildman–Crippen LogP) is 4.45. The summed E-state index contributed by atoms with van der Waals surface area (Å²) in [5.41, 5.74) is 0.683. The maximum atomic E-state index is 12.0. The molecule has 114 valence electrons. The first-order valence-electron chi connectivity index (χ1n) is 7.38. The van der Waals surface area contributed by atoms with Gasteiger partial charge in [-0.05, 0) is 30.5 Å². The van der Waals surface area contributed by atoms with E-state index in [1.807, 2.05) is 0 Å². The van der Waals surface area contributed by atoms with Crippen molar-refractivity contribution in [3.05, 3.63) is 28.2 Å². The van der Waals surface area contributed by atoms with Gasteiger partial charge in [0.25, 0.3) is 0 Å². The van der Waals surface area contributed by atoms with Gasteiger partial charge >= 0.3 is 5.97 Å². The Bertz CT molecular complexity index is 524. The summed E-state index contributed by atoms with van der Waals surface area (Å²) in [4.78, 5) is 23.0. The Balaban J connectivity index is 1.88. The van der Waals surface area contributed by atoms with Crippen molar-refractivity contribution in [2.75, 3.05) is 5.32 Å². The molecule has 1 aliphatic carbocycles. The Morgan fingerprint density at radius 1 is 1.19 bits per heavy atom. The second-order valence-electron chi connectivity index (χ2n) is 5.62. The van der Waals surface area contributed by atoms with Crippen LogP contribution in [0.4, 0.5) is 5.69 Å². The number of carboxylic acids is 1. The monoisotopic (exact) mass is 353 g/mol. The molecule has 0 heterocycles. The van der Waals surface area contributed by atoms with Gasteiger partial charge in [-0.25, -0.2) is 4.79 Å². The van der Waals surface area contributed by atoms with Gasteiger partial charge in [-0.1, -0.05) is 48.0 Å². The van der Waals surface area contributed by atoms with Gasteiger partial charge in [-0.3, -0.25) is 4.79 Å². The van der Waals surface area contributed by atoms with E-state index < -0.39 is 5.97 Å². The van der Waals surface area contributed by atoms with Crippen LogP contribution in [0.2, 0.25) is 0 Å². The highest BCUT2D eigenvalue weighted by Gasteiger charge is 2.15. The number of hydrogen-bond acceptors (Lipinski definition) is 2. The van der Waals surface area contributed by atoms with Crippen molar-refractivity contribution < 1.29 is 14.7 Å². The van der Waals surface area contributed by atoms with Crippen LogP contribution in [-0.2, 0) is 4.79 Å². The zero-order valence-corrected chi connectivity index (χ0v) is 13.5. The largest absolute Gasteiger partial charge is 0.478 e. The molecule has 0 aliphatic heterocycles. The van der Waals surface area contributed by atoms with Crippen molar-refractivity contribution in [2.45, 2.75) is 44.9 Å². The lowest BCUT2D eigenvalue weighted by molar-refractivity contribution is -0.116. The third-order valence-corrected chi connectivity index (χ3v) is 4.39. The summed E-state index contributed by atoms with van der Waals surface area (Å²) in [6, 6.07) is 4.70. The lowest BCUT2D eigenvalue weighted by Gasteiger charge is -2.21. The average molecular weight is 354 g/mol. The van der Waals surface area contributed by atoms with E-state index in [0.717, 1.165) is 6.42 Å². The number of carbonyl (C=O) groups is 2. The number of aromatic carboxylic acids is 1. The minimum Gasteiger partial charge on any atom is -0.478 e. The standard InChI is InChI=1S/C16H20BrNO3/c17-13-8-12(16(20)21)9-14(10-13)18-15(19)7-6-11-4-2-1-3-5-11/h8-11H,1-7H2,(H,18,19)(H,20,21). The molecule has 0 atom stereocenters. The molecule has 1 aromatic rings. The molecule has 0 spiro atoms. The van der Waals surface area contributed by atoms with Gasteiger partial charge in [0.2, 0.25) is 5.91 Å². The predicted molar refractivity (Wildman–Crippen MR) is 85.5 cm³/mol. The molecule has 21 heavy (non-hydrogen) atoms. The molecule has 4 nitrogen and oxygen atoms in total. The van der Waals surface area contributed by atoms with Crippen molar-refractivity contribution in [1.82, 2.24) is 0 Å². The highest BCUT2D eigenvalue weighted by Crippen LogP contribution is 2.27. The van der Waals surface area contributed by atoms with Crippen LogP contribution >= 0.6 is 15.9 Å². The summed E-state index contributed by atoms with van der Waals surface area (Å²) >= 11 is 3.26. The van der Waals surface area contributed by atoms with E-state index in [4.69, 9.17) is 5.11 Å². The van der Waals surface area contributed by atoms with E-state index in [9.17, 15) is 9.59 Å². The molecule has 0 saturated heterocycles. The van der Waals surface area contributed by atoms with E-state index in [-0.39, 0.29) is 11.5 Å². The highest BCUT2D eigenvalue weighted by molar-refractivity contribution is 9.10. The molecule has 0 unspecified atom stereocenters. The molecule has 5 heteroatoms. The Morgan fingerprint density at radius 3 is 2.57 bits per heavy atom. The van der Waals surface area contributed by atoms with Crippen molar-refractivity contribution in [1.29, 1.82) is 0 Å². The van der Waals surface area contributed by atoms with Gasteiger partial charge in [0.05, 0.1) is 5.56 Å². The molecule has 2 N–H and O–H groups in total. The van der Waals surface area contributed by atoms with Crippen molar-refractivity contribution in [2.24, 2.45) is 5.92 Å². The first-order chi connectivity index (χ1) is 10.0. The molecule has 0 bridgehead atoms. The molecule has 2 rings (SSSR count). The molecule has 1 aliphatic rings. The van der Waals surface area contributed by atoms with Crippen LogP contribution in [0.25, 0.3) is 0 Å². The normalized spacial score (nSPS) is 15.7. The van der Waals surface area contributed by atoms with Crippen LogP contribution in [0, 0.1) is 5.92 Å². The van der Waals surface area contributed by atoms with E-state index in [2.05, 4.69) is 21.2 Å². The number of carboxylic acid groups (broad SMARTS) is 1.